The molecule has 0 aromatic heterocycles. The number of carbonyl (C=O) groups is 1. The Balaban J connectivity index is 2.48. The Morgan fingerprint density at radius 1 is 1.30 bits per heavy atom. The molecule has 1 aliphatic carbocycles. The minimum Gasteiger partial charge on any atom is -0.409 e. The number of nitrogens with one attached hydrogen (secondary N) is 1. The average molecular weight is 296 g/mol. The van der Waals surface area contributed by atoms with Gasteiger partial charge >= 0.3 is 6.18 Å². The van der Waals surface area contributed by atoms with Crippen LogP contribution in [-0.4, -0.2) is 35.7 Å². The molecule has 1 rings (SSSR count). The van der Waals surface area contributed by atoms with Crippen molar-refractivity contribution in [3.8, 4) is 0 Å². The normalized spacial score (nSPS) is 26.2. The third-order valence-corrected chi connectivity index (χ3v) is 3.61. The Labute approximate surface area is 114 Å². The van der Waals surface area contributed by atoms with Gasteiger partial charge in [0, 0.05) is 18.5 Å². The Hall–Kier alpha value is -1.51. The zero-order valence-corrected chi connectivity index (χ0v) is 10.9. The van der Waals surface area contributed by atoms with Gasteiger partial charge in [0.05, 0.1) is 0 Å². The van der Waals surface area contributed by atoms with E-state index in [0.717, 1.165) is 0 Å². The molecule has 1 atom stereocenters. The van der Waals surface area contributed by atoms with Gasteiger partial charge in [-0.2, -0.15) is 13.2 Å². The highest BCUT2D eigenvalue weighted by Gasteiger charge is 2.43. The predicted octanol–water partition coefficient (Wildman–Crippen LogP) is 0.545. The van der Waals surface area contributed by atoms with Gasteiger partial charge in [-0.05, 0) is 25.7 Å². The lowest BCUT2D eigenvalue weighted by molar-refractivity contribution is -0.155. The van der Waals surface area contributed by atoms with E-state index in [0.29, 0.717) is 25.7 Å². The summed E-state index contributed by atoms with van der Waals surface area (Å²) in [5, 5.41) is 13.6. The highest BCUT2D eigenvalue weighted by molar-refractivity contribution is 5.83. The van der Waals surface area contributed by atoms with Gasteiger partial charge in [0.25, 0.3) is 0 Å². The average Bonchev–Trinajstić information content (AvgIpc) is 2.37. The number of hydrogen-bond donors (Lipinski definition) is 4. The van der Waals surface area contributed by atoms with E-state index in [1.165, 1.54) is 0 Å². The van der Waals surface area contributed by atoms with Gasteiger partial charge in [-0.1, -0.05) is 5.16 Å². The van der Waals surface area contributed by atoms with Crippen LogP contribution in [0.2, 0.25) is 0 Å². The molecule has 20 heavy (non-hydrogen) atoms. The van der Waals surface area contributed by atoms with Crippen LogP contribution < -0.4 is 16.8 Å². The first-order valence-electron chi connectivity index (χ1n) is 6.32. The first-order chi connectivity index (χ1) is 9.25. The quantitative estimate of drug-likeness (QED) is 0.257. The van der Waals surface area contributed by atoms with Gasteiger partial charge in [0.2, 0.25) is 5.91 Å². The molecule has 0 spiro atoms. The number of hydrogen-bond acceptors (Lipinski definition) is 4. The molecule has 9 heteroatoms. The molecule has 116 valence electrons. The standard InChI is InChI=1S/C11H19F3N4O2/c12-11(13,14)8(9(15)18-20)5-17-7-3-1-6(2-4-7)10(16)19/h6-8,17,20H,1-5H2,(H2,15,18)(H2,16,19). The Kier molecular flexibility index (Phi) is 5.61. The molecule has 0 aromatic rings. The lowest BCUT2D eigenvalue weighted by Crippen LogP contribution is -2.46. The molecule has 0 heterocycles. The van der Waals surface area contributed by atoms with Crippen molar-refractivity contribution in [1.29, 1.82) is 0 Å². The minimum absolute atomic E-state index is 0.123. The van der Waals surface area contributed by atoms with Crippen molar-refractivity contribution in [2.75, 3.05) is 6.54 Å². The highest BCUT2D eigenvalue weighted by Crippen LogP contribution is 2.28. The Morgan fingerprint density at radius 3 is 2.25 bits per heavy atom. The van der Waals surface area contributed by atoms with Crippen LogP contribution >= 0.6 is 0 Å². The number of nitrogens with two attached hydrogens (primary N) is 2. The summed E-state index contributed by atoms with van der Waals surface area (Å²) in [5.74, 6) is -3.46. The third kappa shape index (κ3) is 4.55. The molecule has 0 saturated heterocycles. The fourth-order valence-corrected chi connectivity index (χ4v) is 2.32. The second kappa shape index (κ2) is 6.78. The summed E-state index contributed by atoms with van der Waals surface area (Å²) < 4.78 is 38.1. The molecule has 1 unspecified atom stereocenters. The van der Waals surface area contributed by atoms with Crippen LogP contribution in [0.15, 0.2) is 5.16 Å². The molecule has 0 aromatic carbocycles. The summed E-state index contributed by atoms with van der Waals surface area (Å²) in [6.07, 6.45) is -2.29. The number of carbonyl (C=O) groups excluding carboxylic acids is 1. The maximum Gasteiger partial charge on any atom is 0.400 e. The van der Waals surface area contributed by atoms with E-state index in [2.05, 4.69) is 10.5 Å². The van der Waals surface area contributed by atoms with Crippen molar-refractivity contribution in [3.63, 3.8) is 0 Å². The number of oxime groups is 1. The molecule has 1 amide bonds. The lowest BCUT2D eigenvalue weighted by Gasteiger charge is -2.29. The van der Waals surface area contributed by atoms with Gasteiger partial charge in [0.15, 0.2) is 5.84 Å². The summed E-state index contributed by atoms with van der Waals surface area (Å²) >= 11 is 0. The molecule has 0 radical (unpaired) electrons. The molecule has 1 fully saturated rings. The highest BCUT2D eigenvalue weighted by atomic mass is 19.4. The molecule has 0 aliphatic heterocycles. The molecule has 1 aliphatic rings. The summed E-state index contributed by atoms with van der Waals surface area (Å²) in [5.41, 5.74) is 10.2. The minimum atomic E-state index is -4.58. The Morgan fingerprint density at radius 2 is 1.85 bits per heavy atom. The zero-order chi connectivity index (χ0) is 15.3. The summed E-state index contributed by atoms with van der Waals surface area (Å²) in [7, 11) is 0. The van der Waals surface area contributed by atoms with Crippen molar-refractivity contribution in [2.45, 2.75) is 37.9 Å². The fraction of sp³-hybridized carbons (Fsp3) is 0.818. The summed E-state index contributed by atoms with van der Waals surface area (Å²) in [4.78, 5) is 11.0. The van der Waals surface area contributed by atoms with Crippen LogP contribution in [0.4, 0.5) is 13.2 Å². The number of nitrogens with zero attached hydrogens (tertiary/aromatic N) is 1. The van der Waals surface area contributed by atoms with Crippen LogP contribution in [-0.2, 0) is 4.79 Å². The van der Waals surface area contributed by atoms with Gasteiger partial charge in [0.1, 0.15) is 5.92 Å². The summed E-state index contributed by atoms with van der Waals surface area (Å²) in [6.45, 7) is -0.453. The first-order valence-corrected chi connectivity index (χ1v) is 6.32. The van der Waals surface area contributed by atoms with Gasteiger partial charge in [-0.3, -0.25) is 4.79 Å². The smallest absolute Gasteiger partial charge is 0.400 e. The molecule has 6 N–H and O–H groups in total. The van der Waals surface area contributed by atoms with E-state index >= 15 is 0 Å². The predicted molar refractivity (Wildman–Crippen MR) is 65.9 cm³/mol. The van der Waals surface area contributed by atoms with E-state index in [1.54, 1.807) is 0 Å². The molecule has 0 bridgehead atoms. The molecular weight excluding hydrogens is 277 g/mol. The first kappa shape index (κ1) is 16.5. The monoisotopic (exact) mass is 296 g/mol. The third-order valence-electron chi connectivity index (χ3n) is 3.61. The largest absolute Gasteiger partial charge is 0.409 e. The second-order valence-corrected chi connectivity index (χ2v) is 4.98. The van der Waals surface area contributed by atoms with Gasteiger partial charge in [-0.25, -0.2) is 0 Å². The van der Waals surface area contributed by atoms with Crippen LogP contribution in [0.3, 0.4) is 0 Å². The van der Waals surface area contributed by atoms with Crippen LogP contribution in [0.5, 0.6) is 0 Å². The Bertz CT molecular complexity index is 365. The van der Waals surface area contributed by atoms with E-state index in [9.17, 15) is 18.0 Å². The van der Waals surface area contributed by atoms with E-state index in [4.69, 9.17) is 16.7 Å². The fourth-order valence-electron chi connectivity index (χ4n) is 2.32. The lowest BCUT2D eigenvalue weighted by atomic mass is 9.85. The molecule has 6 nitrogen and oxygen atoms in total. The van der Waals surface area contributed by atoms with Gasteiger partial charge in [-0.15, -0.1) is 0 Å². The SMILES string of the molecule is NC(=O)C1CCC(NCC(C(N)=NO)C(F)(F)F)CC1. The number of halogens is 3. The number of alkyl halides is 3. The second-order valence-electron chi connectivity index (χ2n) is 4.98. The zero-order valence-electron chi connectivity index (χ0n) is 10.9. The van der Waals surface area contributed by atoms with Crippen molar-refractivity contribution >= 4 is 11.7 Å². The molecular formula is C11H19F3N4O2. The summed E-state index contributed by atoms with van der Waals surface area (Å²) in [6, 6.07) is -0.123. The topological polar surface area (TPSA) is 114 Å². The van der Waals surface area contributed by atoms with E-state index in [-0.39, 0.29) is 17.9 Å². The van der Waals surface area contributed by atoms with Crippen molar-refractivity contribution in [1.82, 2.24) is 5.32 Å². The van der Waals surface area contributed by atoms with Crippen LogP contribution in [0.1, 0.15) is 25.7 Å². The van der Waals surface area contributed by atoms with Crippen LogP contribution in [0, 0.1) is 11.8 Å². The van der Waals surface area contributed by atoms with Gasteiger partial charge < -0.3 is 22.0 Å². The van der Waals surface area contributed by atoms with E-state index in [1.807, 2.05) is 0 Å². The van der Waals surface area contributed by atoms with Crippen molar-refractivity contribution in [3.05, 3.63) is 0 Å². The number of amidine groups is 1. The van der Waals surface area contributed by atoms with E-state index < -0.39 is 24.5 Å². The molecule has 1 saturated carbocycles. The van der Waals surface area contributed by atoms with Crippen molar-refractivity contribution in [2.24, 2.45) is 28.5 Å². The van der Waals surface area contributed by atoms with Crippen molar-refractivity contribution < 1.29 is 23.2 Å². The maximum atomic E-state index is 12.7. The number of amides is 1. The maximum absolute atomic E-state index is 12.7. The van der Waals surface area contributed by atoms with Crippen LogP contribution in [0.25, 0.3) is 0 Å². The number of primary amides is 1. The number of rotatable bonds is 5.